The molecule has 2 N–H and O–H groups in total. The van der Waals surface area contributed by atoms with E-state index in [1.807, 2.05) is 0 Å². The molecule has 2 heteroatoms. The van der Waals surface area contributed by atoms with Gasteiger partial charge in [0.2, 0.25) is 0 Å². The van der Waals surface area contributed by atoms with Crippen LogP contribution in [0.25, 0.3) is 0 Å². The molecule has 2 aliphatic heterocycles. The summed E-state index contributed by atoms with van der Waals surface area (Å²) >= 11 is 0. The molecule has 0 amide bonds. The largest absolute Gasteiger partial charge is 0.380 e. The number of fused-ring (bicyclic) bond motifs is 2. The summed E-state index contributed by atoms with van der Waals surface area (Å²) < 4.78 is 5.45. The van der Waals surface area contributed by atoms with Gasteiger partial charge in [-0.15, -0.1) is 0 Å². The average molecular weight is 141 g/mol. The lowest BCUT2D eigenvalue weighted by molar-refractivity contribution is -0.179. The number of rotatable bonds is 1. The Morgan fingerprint density at radius 2 is 2.10 bits per heavy atom. The Labute approximate surface area is 61.7 Å². The predicted octanol–water partition coefficient (Wildman–Crippen LogP) is 0.762. The molecule has 0 aromatic rings. The smallest absolute Gasteiger partial charge is 0.0535 e. The van der Waals surface area contributed by atoms with Crippen LogP contribution in [0.5, 0.6) is 0 Å². The second-order valence-electron chi connectivity index (χ2n) is 4.36. The zero-order valence-corrected chi connectivity index (χ0v) is 6.52. The molecule has 2 heterocycles. The van der Waals surface area contributed by atoms with E-state index in [0.29, 0.717) is 10.8 Å². The first-order valence-electron chi connectivity index (χ1n) is 3.96. The van der Waals surface area contributed by atoms with E-state index in [0.717, 1.165) is 19.8 Å². The molecule has 3 fully saturated rings. The monoisotopic (exact) mass is 141 g/mol. The fraction of sp³-hybridized carbons (Fsp3) is 1.00. The second kappa shape index (κ2) is 1.74. The molecule has 2 nitrogen and oxygen atoms in total. The third kappa shape index (κ3) is 0.722. The lowest BCUT2D eigenvalue weighted by atomic mass is 9.52. The summed E-state index contributed by atoms with van der Waals surface area (Å²) in [6, 6.07) is 0. The van der Waals surface area contributed by atoms with Crippen molar-refractivity contribution in [2.45, 2.75) is 19.8 Å². The molecular formula is C8H15NO. The van der Waals surface area contributed by atoms with Gasteiger partial charge in [-0.3, -0.25) is 0 Å². The molecule has 58 valence electrons. The summed E-state index contributed by atoms with van der Waals surface area (Å²) in [7, 11) is 0. The second-order valence-corrected chi connectivity index (χ2v) is 4.36. The van der Waals surface area contributed by atoms with Crippen molar-refractivity contribution in [1.29, 1.82) is 0 Å². The standard InChI is InChI=1S/C8H15NO/c1-7-2-8(3-7,4-9)6-10-5-7/h2-6,9H2,1H3. The normalized spacial score (nSPS) is 52.2. The van der Waals surface area contributed by atoms with Gasteiger partial charge >= 0.3 is 0 Å². The summed E-state index contributed by atoms with van der Waals surface area (Å²) in [6.07, 6.45) is 2.58. The van der Waals surface area contributed by atoms with Gasteiger partial charge in [0.15, 0.2) is 0 Å². The molecular weight excluding hydrogens is 126 g/mol. The number of nitrogens with two attached hydrogens (primary N) is 1. The van der Waals surface area contributed by atoms with Crippen molar-refractivity contribution >= 4 is 0 Å². The maximum Gasteiger partial charge on any atom is 0.0535 e. The van der Waals surface area contributed by atoms with Gasteiger partial charge < -0.3 is 10.5 Å². The van der Waals surface area contributed by atoms with Crippen LogP contribution in [0.1, 0.15) is 19.8 Å². The third-order valence-corrected chi connectivity index (χ3v) is 2.90. The van der Waals surface area contributed by atoms with Gasteiger partial charge in [-0.25, -0.2) is 0 Å². The summed E-state index contributed by atoms with van der Waals surface area (Å²) in [6.45, 7) is 4.95. The van der Waals surface area contributed by atoms with Crippen molar-refractivity contribution in [3.05, 3.63) is 0 Å². The van der Waals surface area contributed by atoms with Crippen molar-refractivity contribution in [3.63, 3.8) is 0 Å². The molecule has 1 aliphatic carbocycles. The molecule has 0 radical (unpaired) electrons. The first-order chi connectivity index (χ1) is 4.68. The van der Waals surface area contributed by atoms with E-state index in [9.17, 15) is 0 Å². The molecule has 10 heavy (non-hydrogen) atoms. The first-order valence-corrected chi connectivity index (χ1v) is 3.96. The zero-order valence-electron chi connectivity index (χ0n) is 6.52. The van der Waals surface area contributed by atoms with Crippen molar-refractivity contribution in [1.82, 2.24) is 0 Å². The average Bonchev–Trinajstić information content (AvgIpc) is 1.86. The Morgan fingerprint density at radius 1 is 1.40 bits per heavy atom. The molecule has 0 aromatic carbocycles. The Morgan fingerprint density at radius 3 is 2.50 bits per heavy atom. The van der Waals surface area contributed by atoms with Gasteiger partial charge in [-0.2, -0.15) is 0 Å². The number of ether oxygens (including phenoxy) is 1. The van der Waals surface area contributed by atoms with Gasteiger partial charge in [-0.05, 0) is 18.3 Å². The Balaban J connectivity index is 2.08. The van der Waals surface area contributed by atoms with Crippen LogP contribution in [0.15, 0.2) is 0 Å². The van der Waals surface area contributed by atoms with E-state index in [1.165, 1.54) is 12.8 Å². The molecule has 3 rings (SSSR count). The van der Waals surface area contributed by atoms with Crippen LogP contribution in [0.3, 0.4) is 0 Å². The van der Waals surface area contributed by atoms with Crippen LogP contribution >= 0.6 is 0 Å². The van der Waals surface area contributed by atoms with Crippen molar-refractivity contribution in [3.8, 4) is 0 Å². The van der Waals surface area contributed by atoms with Crippen molar-refractivity contribution in [2.24, 2.45) is 16.6 Å². The zero-order chi connectivity index (χ0) is 7.24. The predicted molar refractivity (Wildman–Crippen MR) is 39.6 cm³/mol. The Hall–Kier alpha value is -0.0800. The quantitative estimate of drug-likeness (QED) is 0.585. The van der Waals surface area contributed by atoms with E-state index in [4.69, 9.17) is 10.5 Å². The van der Waals surface area contributed by atoms with Gasteiger partial charge in [-0.1, -0.05) is 6.92 Å². The van der Waals surface area contributed by atoms with Crippen LogP contribution in [0.2, 0.25) is 0 Å². The Kier molecular flexibility index (Phi) is 1.15. The fourth-order valence-electron chi connectivity index (χ4n) is 2.68. The maximum atomic E-state index is 5.65. The van der Waals surface area contributed by atoms with Crippen LogP contribution < -0.4 is 5.73 Å². The van der Waals surface area contributed by atoms with E-state index in [2.05, 4.69) is 6.92 Å². The van der Waals surface area contributed by atoms with Crippen LogP contribution in [0, 0.1) is 10.8 Å². The van der Waals surface area contributed by atoms with Crippen LogP contribution in [0.4, 0.5) is 0 Å². The van der Waals surface area contributed by atoms with E-state index < -0.39 is 0 Å². The van der Waals surface area contributed by atoms with Crippen LogP contribution in [-0.4, -0.2) is 19.8 Å². The minimum atomic E-state index is 0.382. The van der Waals surface area contributed by atoms with E-state index >= 15 is 0 Å². The van der Waals surface area contributed by atoms with Crippen molar-refractivity contribution < 1.29 is 4.74 Å². The molecule has 0 atom stereocenters. The molecule has 2 bridgehead atoms. The topological polar surface area (TPSA) is 35.2 Å². The highest BCUT2D eigenvalue weighted by Gasteiger charge is 2.54. The van der Waals surface area contributed by atoms with Gasteiger partial charge in [0, 0.05) is 12.0 Å². The van der Waals surface area contributed by atoms with Crippen molar-refractivity contribution in [2.75, 3.05) is 19.8 Å². The Bertz CT molecular complexity index is 149. The third-order valence-electron chi connectivity index (χ3n) is 2.90. The molecule has 0 unspecified atom stereocenters. The summed E-state index contributed by atoms with van der Waals surface area (Å²) in [5.41, 5.74) is 6.52. The summed E-state index contributed by atoms with van der Waals surface area (Å²) in [5.74, 6) is 0. The molecule has 3 aliphatic rings. The summed E-state index contributed by atoms with van der Waals surface area (Å²) in [4.78, 5) is 0. The highest BCUT2D eigenvalue weighted by atomic mass is 16.5. The van der Waals surface area contributed by atoms with E-state index in [1.54, 1.807) is 0 Å². The molecule has 2 saturated heterocycles. The molecule has 1 saturated carbocycles. The number of hydrogen-bond acceptors (Lipinski definition) is 2. The maximum absolute atomic E-state index is 5.65. The lowest BCUT2D eigenvalue weighted by Gasteiger charge is -2.58. The van der Waals surface area contributed by atoms with Gasteiger partial charge in [0.05, 0.1) is 13.2 Å². The highest BCUT2D eigenvalue weighted by molar-refractivity contribution is 5.04. The highest BCUT2D eigenvalue weighted by Crippen LogP contribution is 2.57. The SMILES string of the molecule is CC12COCC(CN)(C1)C2. The summed E-state index contributed by atoms with van der Waals surface area (Å²) in [5, 5.41) is 0. The molecule has 0 spiro atoms. The van der Waals surface area contributed by atoms with Crippen LogP contribution in [-0.2, 0) is 4.74 Å². The number of hydrogen-bond donors (Lipinski definition) is 1. The van der Waals surface area contributed by atoms with Gasteiger partial charge in [0.1, 0.15) is 0 Å². The fourth-order valence-corrected chi connectivity index (χ4v) is 2.68. The molecule has 0 aromatic heterocycles. The van der Waals surface area contributed by atoms with Gasteiger partial charge in [0.25, 0.3) is 0 Å². The van der Waals surface area contributed by atoms with E-state index in [-0.39, 0.29) is 0 Å². The first kappa shape index (κ1) is 6.62. The lowest BCUT2D eigenvalue weighted by Crippen LogP contribution is -2.58. The minimum Gasteiger partial charge on any atom is -0.380 e. The minimum absolute atomic E-state index is 0.382.